The van der Waals surface area contributed by atoms with Gasteiger partial charge in [0.2, 0.25) is 5.95 Å². The molecule has 4 heteroatoms. The largest absolute Gasteiger partial charge is 0.504 e. The molecule has 0 spiro atoms. The summed E-state index contributed by atoms with van der Waals surface area (Å²) in [6.45, 7) is 8.02. The molecule has 4 nitrogen and oxygen atoms in total. The van der Waals surface area contributed by atoms with Gasteiger partial charge in [0.1, 0.15) is 0 Å². The quantitative estimate of drug-likeness (QED) is 0.797. The average molecular weight is 209 g/mol. The smallest absolute Gasteiger partial charge is 0.223 e. The third-order valence-electron chi connectivity index (χ3n) is 2.12. The van der Waals surface area contributed by atoms with Crippen molar-refractivity contribution in [2.45, 2.75) is 46.6 Å². The molecular formula is C11H19N3O. The minimum atomic E-state index is 0.245. The predicted molar refractivity (Wildman–Crippen MR) is 61.2 cm³/mol. The summed E-state index contributed by atoms with van der Waals surface area (Å²) < 4.78 is 0. The molecule has 2 N–H and O–H groups in total. The zero-order chi connectivity index (χ0) is 11.4. The summed E-state index contributed by atoms with van der Waals surface area (Å²) >= 11 is 0. The normalized spacial score (nSPS) is 10.7. The lowest BCUT2D eigenvalue weighted by Gasteiger charge is -2.12. The molecule has 0 aliphatic rings. The monoisotopic (exact) mass is 209 g/mol. The van der Waals surface area contributed by atoms with Crippen LogP contribution in [0.5, 0.6) is 5.75 Å². The highest BCUT2D eigenvalue weighted by Gasteiger charge is 2.11. The van der Waals surface area contributed by atoms with Crippen molar-refractivity contribution in [3.05, 3.63) is 11.4 Å². The summed E-state index contributed by atoms with van der Waals surface area (Å²) in [6.07, 6.45) is 1.43. The molecule has 0 aliphatic carbocycles. The maximum Gasteiger partial charge on any atom is 0.223 e. The molecule has 0 unspecified atom stereocenters. The van der Waals surface area contributed by atoms with Crippen LogP contribution in [0.2, 0.25) is 0 Å². The van der Waals surface area contributed by atoms with Crippen LogP contribution in [0.25, 0.3) is 0 Å². The van der Waals surface area contributed by atoms with Crippen molar-refractivity contribution in [1.82, 2.24) is 9.97 Å². The molecule has 0 aliphatic heterocycles. The topological polar surface area (TPSA) is 58.0 Å². The third-order valence-corrected chi connectivity index (χ3v) is 2.12. The second kappa shape index (κ2) is 4.96. The molecule has 1 heterocycles. The Hall–Kier alpha value is -1.32. The molecule has 0 saturated heterocycles. The van der Waals surface area contributed by atoms with E-state index in [4.69, 9.17) is 0 Å². The number of aromatic nitrogens is 2. The molecule has 0 fully saturated rings. The first-order valence-corrected chi connectivity index (χ1v) is 5.43. The van der Waals surface area contributed by atoms with Gasteiger partial charge in [-0.15, -0.1) is 0 Å². The predicted octanol–water partition coefficient (Wildman–Crippen LogP) is 2.13. The molecule has 0 bridgehead atoms. The van der Waals surface area contributed by atoms with Crippen molar-refractivity contribution in [2.24, 2.45) is 0 Å². The fourth-order valence-corrected chi connectivity index (χ4v) is 1.37. The van der Waals surface area contributed by atoms with Crippen LogP contribution < -0.4 is 5.32 Å². The van der Waals surface area contributed by atoms with Crippen LogP contribution in [0.1, 0.15) is 39.1 Å². The number of hydrogen-bond acceptors (Lipinski definition) is 4. The van der Waals surface area contributed by atoms with Gasteiger partial charge >= 0.3 is 0 Å². The highest BCUT2D eigenvalue weighted by Crippen LogP contribution is 2.22. The molecule has 0 aromatic carbocycles. The first-order chi connectivity index (χ1) is 7.08. The van der Waals surface area contributed by atoms with Crippen molar-refractivity contribution in [2.75, 3.05) is 5.32 Å². The molecule has 1 rings (SSSR count). The van der Waals surface area contributed by atoms with E-state index >= 15 is 0 Å². The fourth-order valence-electron chi connectivity index (χ4n) is 1.37. The minimum absolute atomic E-state index is 0.245. The Morgan fingerprint density at radius 1 is 1.13 bits per heavy atom. The lowest BCUT2D eigenvalue weighted by Crippen LogP contribution is -2.14. The van der Waals surface area contributed by atoms with Crippen LogP contribution in [-0.4, -0.2) is 21.1 Å². The standard InChI is InChI=1S/C11H19N3O/c1-5-8-10(15)9(6-2)14-11(13-8)12-7(3)4/h7,15H,5-6H2,1-4H3,(H,12,13,14). The van der Waals surface area contributed by atoms with E-state index in [0.717, 1.165) is 0 Å². The van der Waals surface area contributed by atoms with E-state index in [1.54, 1.807) is 0 Å². The van der Waals surface area contributed by atoms with Gasteiger partial charge in [0, 0.05) is 6.04 Å². The van der Waals surface area contributed by atoms with E-state index in [1.165, 1.54) is 0 Å². The van der Waals surface area contributed by atoms with Gasteiger partial charge in [-0.05, 0) is 26.7 Å². The van der Waals surface area contributed by atoms with Crippen LogP contribution in [0, 0.1) is 0 Å². The summed E-state index contributed by atoms with van der Waals surface area (Å²) in [6, 6.07) is 0.295. The van der Waals surface area contributed by atoms with Crippen LogP contribution in [0.4, 0.5) is 5.95 Å². The third kappa shape index (κ3) is 2.81. The lowest BCUT2D eigenvalue weighted by molar-refractivity contribution is 0.454. The number of aromatic hydroxyl groups is 1. The first kappa shape index (κ1) is 11.8. The average Bonchev–Trinajstić information content (AvgIpc) is 2.19. The number of nitrogens with one attached hydrogen (secondary N) is 1. The van der Waals surface area contributed by atoms with Crippen LogP contribution in [0.15, 0.2) is 0 Å². The Bertz CT molecular complexity index is 312. The van der Waals surface area contributed by atoms with E-state index in [9.17, 15) is 5.11 Å². The van der Waals surface area contributed by atoms with Crippen molar-refractivity contribution in [3.8, 4) is 5.75 Å². The molecule has 0 atom stereocenters. The van der Waals surface area contributed by atoms with Crippen molar-refractivity contribution < 1.29 is 5.11 Å². The summed E-state index contributed by atoms with van der Waals surface area (Å²) in [5.74, 6) is 0.853. The Morgan fingerprint density at radius 3 is 1.93 bits per heavy atom. The van der Waals surface area contributed by atoms with Crippen LogP contribution in [-0.2, 0) is 12.8 Å². The first-order valence-electron chi connectivity index (χ1n) is 5.43. The molecule has 0 amide bonds. The number of hydrogen-bond donors (Lipinski definition) is 2. The zero-order valence-corrected chi connectivity index (χ0v) is 9.83. The van der Waals surface area contributed by atoms with E-state index in [2.05, 4.69) is 15.3 Å². The molecular weight excluding hydrogens is 190 g/mol. The van der Waals surface area contributed by atoms with Crippen LogP contribution in [0.3, 0.4) is 0 Å². The van der Waals surface area contributed by atoms with E-state index in [1.807, 2.05) is 27.7 Å². The summed E-state index contributed by atoms with van der Waals surface area (Å²) in [5, 5.41) is 12.9. The maximum absolute atomic E-state index is 9.79. The SMILES string of the molecule is CCc1nc(NC(C)C)nc(CC)c1O. The highest BCUT2D eigenvalue weighted by molar-refractivity contribution is 5.39. The lowest BCUT2D eigenvalue weighted by atomic mass is 10.2. The summed E-state index contributed by atoms with van der Waals surface area (Å²) in [4.78, 5) is 8.53. The van der Waals surface area contributed by atoms with Gasteiger partial charge in [0.25, 0.3) is 0 Å². The molecule has 1 aromatic heterocycles. The molecule has 84 valence electrons. The minimum Gasteiger partial charge on any atom is -0.504 e. The van der Waals surface area contributed by atoms with Gasteiger partial charge in [-0.25, -0.2) is 9.97 Å². The number of rotatable bonds is 4. The van der Waals surface area contributed by atoms with Gasteiger partial charge in [-0.3, -0.25) is 0 Å². The number of nitrogens with zero attached hydrogens (tertiary/aromatic N) is 2. The number of anilines is 1. The van der Waals surface area contributed by atoms with Crippen molar-refractivity contribution >= 4 is 5.95 Å². The Morgan fingerprint density at radius 2 is 1.60 bits per heavy atom. The van der Waals surface area contributed by atoms with Gasteiger partial charge in [-0.1, -0.05) is 13.8 Å². The highest BCUT2D eigenvalue weighted by atomic mass is 16.3. The molecule has 15 heavy (non-hydrogen) atoms. The Balaban J connectivity index is 3.09. The number of aryl methyl sites for hydroxylation is 2. The van der Waals surface area contributed by atoms with E-state index < -0.39 is 0 Å². The van der Waals surface area contributed by atoms with Crippen molar-refractivity contribution in [1.29, 1.82) is 0 Å². The molecule has 0 radical (unpaired) electrons. The van der Waals surface area contributed by atoms with Gasteiger partial charge < -0.3 is 10.4 Å². The van der Waals surface area contributed by atoms with Gasteiger partial charge in [0.05, 0.1) is 11.4 Å². The second-order valence-corrected chi connectivity index (χ2v) is 3.80. The summed E-state index contributed by atoms with van der Waals surface area (Å²) in [5.41, 5.74) is 1.43. The fraction of sp³-hybridized carbons (Fsp3) is 0.636. The summed E-state index contributed by atoms with van der Waals surface area (Å²) in [7, 11) is 0. The Labute approximate surface area is 90.8 Å². The van der Waals surface area contributed by atoms with E-state index in [-0.39, 0.29) is 5.75 Å². The van der Waals surface area contributed by atoms with Crippen LogP contribution >= 0.6 is 0 Å². The molecule has 1 aromatic rings. The maximum atomic E-state index is 9.79. The second-order valence-electron chi connectivity index (χ2n) is 3.80. The Kier molecular flexibility index (Phi) is 3.88. The van der Waals surface area contributed by atoms with Crippen molar-refractivity contribution in [3.63, 3.8) is 0 Å². The van der Waals surface area contributed by atoms with Gasteiger partial charge in [0.15, 0.2) is 5.75 Å². The van der Waals surface area contributed by atoms with Gasteiger partial charge in [-0.2, -0.15) is 0 Å². The zero-order valence-electron chi connectivity index (χ0n) is 9.83. The molecule has 0 saturated carbocycles. The van der Waals surface area contributed by atoms with E-state index in [0.29, 0.717) is 36.2 Å².